The number of nitrogens with one attached hydrogen (secondary N) is 3. The van der Waals surface area contributed by atoms with Gasteiger partial charge in [0.2, 0.25) is 5.91 Å². The third-order valence-electron chi connectivity index (χ3n) is 4.05. The molecule has 3 N–H and O–H groups in total. The first-order valence-corrected chi connectivity index (χ1v) is 9.28. The first-order valence-electron chi connectivity index (χ1n) is 8.40. The Kier molecular flexibility index (Phi) is 5.63. The van der Waals surface area contributed by atoms with Crippen molar-refractivity contribution in [1.82, 2.24) is 15.8 Å². The Hall–Kier alpha value is -2.73. The quantitative estimate of drug-likeness (QED) is 0.478. The van der Waals surface area contributed by atoms with E-state index in [1.807, 2.05) is 68.6 Å². The summed E-state index contributed by atoms with van der Waals surface area (Å²) in [6.45, 7) is 3.83. The van der Waals surface area contributed by atoms with E-state index in [1.165, 1.54) is 17.3 Å². The topological polar surface area (TPSA) is 74.0 Å². The fraction of sp³-hybridized carbons (Fsp3) is 0.200. The molecule has 0 aliphatic rings. The first kappa shape index (κ1) is 18.1. The lowest BCUT2D eigenvalue weighted by molar-refractivity contribution is -0.128. The number of aromatic nitrogens is 1. The molecular weight excluding hydrogens is 346 g/mol. The largest absolute Gasteiger partial charge is 0.361 e. The Morgan fingerprint density at radius 1 is 1.08 bits per heavy atom. The highest BCUT2D eigenvalue weighted by atomic mass is 32.2. The number of carbonyl (C=O) groups is 2. The zero-order valence-corrected chi connectivity index (χ0v) is 15.5. The summed E-state index contributed by atoms with van der Waals surface area (Å²) in [7, 11) is 0. The molecule has 1 heterocycles. The van der Waals surface area contributed by atoms with E-state index in [4.69, 9.17) is 0 Å². The maximum atomic E-state index is 12.2. The summed E-state index contributed by atoms with van der Waals surface area (Å²) in [5.74, 6) is -0.488. The average Bonchev–Trinajstić information content (AvgIpc) is 3.04. The van der Waals surface area contributed by atoms with E-state index in [0.717, 1.165) is 21.4 Å². The molecule has 5 nitrogen and oxygen atoms in total. The van der Waals surface area contributed by atoms with E-state index in [1.54, 1.807) is 0 Å². The Labute approximate surface area is 156 Å². The Balaban J connectivity index is 1.50. The molecule has 0 bridgehead atoms. The number of para-hydroxylation sites is 1. The SMILES string of the molecule is Cc1ccc(S[C@@H](C)C(=O)NNC(=O)Cc2c[nH]c3ccccc23)cc1. The summed E-state index contributed by atoms with van der Waals surface area (Å²) in [5.41, 5.74) is 8.06. The molecule has 134 valence electrons. The van der Waals surface area contributed by atoms with Gasteiger partial charge in [0.15, 0.2) is 0 Å². The van der Waals surface area contributed by atoms with Gasteiger partial charge in [-0.3, -0.25) is 20.4 Å². The number of H-pyrrole nitrogens is 1. The Morgan fingerprint density at radius 3 is 2.58 bits per heavy atom. The Morgan fingerprint density at radius 2 is 1.81 bits per heavy atom. The summed E-state index contributed by atoms with van der Waals surface area (Å²) in [6.07, 6.45) is 2.02. The molecule has 3 rings (SSSR count). The predicted octanol–water partition coefficient (Wildman–Crippen LogP) is 3.35. The number of aryl methyl sites for hydroxylation is 1. The highest BCUT2D eigenvalue weighted by molar-refractivity contribution is 8.00. The molecule has 2 amide bonds. The van der Waals surface area contributed by atoms with Crippen molar-refractivity contribution in [2.24, 2.45) is 0 Å². The summed E-state index contributed by atoms with van der Waals surface area (Å²) >= 11 is 1.45. The van der Waals surface area contributed by atoms with Gasteiger partial charge in [-0.25, -0.2) is 0 Å². The lowest BCUT2D eigenvalue weighted by Crippen LogP contribution is -2.45. The van der Waals surface area contributed by atoms with E-state index in [-0.39, 0.29) is 23.5 Å². The van der Waals surface area contributed by atoms with Crippen LogP contribution in [0.15, 0.2) is 59.6 Å². The lowest BCUT2D eigenvalue weighted by Gasteiger charge is -2.13. The minimum Gasteiger partial charge on any atom is -0.361 e. The van der Waals surface area contributed by atoms with Gasteiger partial charge in [-0.15, -0.1) is 11.8 Å². The van der Waals surface area contributed by atoms with E-state index >= 15 is 0 Å². The fourth-order valence-electron chi connectivity index (χ4n) is 2.60. The molecule has 6 heteroatoms. The van der Waals surface area contributed by atoms with Crippen LogP contribution in [0.2, 0.25) is 0 Å². The standard InChI is InChI=1S/C20H21N3O2S/c1-13-7-9-16(10-8-13)26-14(2)20(25)23-22-19(24)11-15-12-21-18-6-4-3-5-17(15)18/h3-10,12,14,21H,11H2,1-2H3,(H,22,24)(H,23,25)/t14-/m0/s1. The maximum absolute atomic E-state index is 12.2. The average molecular weight is 367 g/mol. The van der Waals surface area contributed by atoms with Crippen molar-refractivity contribution in [3.63, 3.8) is 0 Å². The second-order valence-corrected chi connectivity index (χ2v) is 7.56. The van der Waals surface area contributed by atoms with Crippen LogP contribution in [-0.2, 0) is 16.0 Å². The number of amides is 2. The molecule has 1 aromatic heterocycles. The van der Waals surface area contributed by atoms with Crippen molar-refractivity contribution in [3.05, 3.63) is 65.9 Å². The molecule has 26 heavy (non-hydrogen) atoms. The predicted molar refractivity (Wildman–Crippen MR) is 105 cm³/mol. The van der Waals surface area contributed by atoms with Crippen molar-refractivity contribution in [1.29, 1.82) is 0 Å². The van der Waals surface area contributed by atoms with Gasteiger partial charge in [-0.1, -0.05) is 35.9 Å². The van der Waals surface area contributed by atoms with Crippen LogP contribution < -0.4 is 10.9 Å². The van der Waals surface area contributed by atoms with Gasteiger partial charge in [0.1, 0.15) is 0 Å². The molecule has 0 radical (unpaired) electrons. The van der Waals surface area contributed by atoms with Gasteiger partial charge >= 0.3 is 0 Å². The zero-order valence-electron chi connectivity index (χ0n) is 14.7. The van der Waals surface area contributed by atoms with Gasteiger partial charge in [0.25, 0.3) is 5.91 Å². The minimum atomic E-state index is -0.314. The molecule has 0 fully saturated rings. The highest BCUT2D eigenvalue weighted by Crippen LogP contribution is 2.23. The first-order chi connectivity index (χ1) is 12.5. The Bertz CT molecular complexity index is 918. The van der Waals surface area contributed by atoms with Gasteiger partial charge < -0.3 is 4.98 Å². The van der Waals surface area contributed by atoms with Gasteiger partial charge in [0.05, 0.1) is 11.7 Å². The van der Waals surface area contributed by atoms with Crippen molar-refractivity contribution in [2.45, 2.75) is 30.4 Å². The monoisotopic (exact) mass is 367 g/mol. The van der Waals surface area contributed by atoms with Crippen molar-refractivity contribution < 1.29 is 9.59 Å². The van der Waals surface area contributed by atoms with Crippen LogP contribution in [0, 0.1) is 6.92 Å². The molecule has 0 saturated carbocycles. The molecule has 0 aliphatic heterocycles. The highest BCUT2D eigenvalue weighted by Gasteiger charge is 2.15. The maximum Gasteiger partial charge on any atom is 0.251 e. The van der Waals surface area contributed by atoms with Crippen LogP contribution >= 0.6 is 11.8 Å². The van der Waals surface area contributed by atoms with Gasteiger partial charge in [0, 0.05) is 22.0 Å². The molecular formula is C20H21N3O2S. The second-order valence-electron chi connectivity index (χ2n) is 6.15. The van der Waals surface area contributed by atoms with Crippen LogP contribution in [-0.4, -0.2) is 22.0 Å². The number of hydrogen-bond acceptors (Lipinski definition) is 3. The van der Waals surface area contributed by atoms with Crippen LogP contribution in [0.4, 0.5) is 0 Å². The summed E-state index contributed by atoms with van der Waals surface area (Å²) in [4.78, 5) is 28.5. The number of thioether (sulfide) groups is 1. The third-order valence-corrected chi connectivity index (χ3v) is 5.17. The molecule has 0 unspecified atom stereocenters. The van der Waals surface area contributed by atoms with E-state index < -0.39 is 0 Å². The number of hydrogen-bond donors (Lipinski definition) is 3. The van der Waals surface area contributed by atoms with Gasteiger partial charge in [-0.05, 0) is 37.6 Å². The molecule has 0 saturated heterocycles. The second kappa shape index (κ2) is 8.10. The third kappa shape index (κ3) is 4.46. The number of hydrazine groups is 1. The number of benzene rings is 2. The fourth-order valence-corrected chi connectivity index (χ4v) is 3.47. The molecule has 0 aliphatic carbocycles. The normalized spacial score (nSPS) is 11.9. The summed E-state index contributed by atoms with van der Waals surface area (Å²) < 4.78 is 0. The summed E-state index contributed by atoms with van der Waals surface area (Å²) in [5, 5.41) is 0.698. The van der Waals surface area contributed by atoms with Gasteiger partial charge in [-0.2, -0.15) is 0 Å². The number of rotatable bonds is 5. The van der Waals surface area contributed by atoms with Crippen molar-refractivity contribution in [2.75, 3.05) is 0 Å². The van der Waals surface area contributed by atoms with Crippen LogP contribution in [0.25, 0.3) is 10.9 Å². The van der Waals surface area contributed by atoms with Crippen molar-refractivity contribution >= 4 is 34.5 Å². The molecule has 3 aromatic rings. The smallest absolute Gasteiger partial charge is 0.251 e. The lowest BCUT2D eigenvalue weighted by atomic mass is 10.1. The summed E-state index contributed by atoms with van der Waals surface area (Å²) in [6, 6.07) is 15.8. The zero-order chi connectivity index (χ0) is 18.5. The van der Waals surface area contributed by atoms with Crippen molar-refractivity contribution in [3.8, 4) is 0 Å². The molecule has 0 spiro atoms. The van der Waals surface area contributed by atoms with Crippen LogP contribution in [0.1, 0.15) is 18.1 Å². The van der Waals surface area contributed by atoms with E-state index in [2.05, 4.69) is 15.8 Å². The van der Waals surface area contributed by atoms with Crippen LogP contribution in [0.3, 0.4) is 0 Å². The number of aromatic amines is 1. The minimum absolute atomic E-state index is 0.198. The molecule has 2 aromatic carbocycles. The number of fused-ring (bicyclic) bond motifs is 1. The van der Waals surface area contributed by atoms with Crippen LogP contribution in [0.5, 0.6) is 0 Å². The van der Waals surface area contributed by atoms with E-state index in [9.17, 15) is 9.59 Å². The van der Waals surface area contributed by atoms with E-state index in [0.29, 0.717) is 0 Å². The molecule has 1 atom stereocenters. The number of carbonyl (C=O) groups excluding carboxylic acids is 2.